The molecule has 1 amide bonds. The minimum atomic E-state index is -0.0478. The smallest absolute Gasteiger partial charge is 0.250 e. The maximum atomic E-state index is 12.2. The van der Waals surface area contributed by atoms with Crippen molar-refractivity contribution in [2.45, 2.75) is 64.5 Å². The van der Waals surface area contributed by atoms with Crippen LogP contribution in [0.2, 0.25) is 0 Å². The Balaban J connectivity index is 1.45. The highest BCUT2D eigenvalue weighted by Gasteiger charge is 2.20. The molecule has 2 fully saturated rings. The first-order chi connectivity index (χ1) is 12.2. The van der Waals surface area contributed by atoms with Crippen LogP contribution in [0.5, 0.6) is 0 Å². The fraction of sp³-hybridized carbons (Fsp3) is 0.667. The van der Waals surface area contributed by atoms with Gasteiger partial charge >= 0.3 is 0 Å². The van der Waals surface area contributed by atoms with Crippen molar-refractivity contribution in [1.82, 2.24) is 4.90 Å². The van der Waals surface area contributed by atoms with E-state index < -0.39 is 0 Å². The highest BCUT2D eigenvalue weighted by Crippen LogP contribution is 2.25. The topological polar surface area (TPSA) is 41.6 Å². The summed E-state index contributed by atoms with van der Waals surface area (Å²) in [6, 6.07) is 8.22. The van der Waals surface area contributed by atoms with Crippen LogP contribution in [-0.2, 0) is 16.1 Å². The second kappa shape index (κ2) is 9.35. The Morgan fingerprint density at radius 3 is 2.84 bits per heavy atom. The van der Waals surface area contributed by atoms with E-state index in [-0.39, 0.29) is 18.6 Å². The first-order valence-electron chi connectivity index (χ1n) is 9.92. The lowest BCUT2D eigenvalue weighted by Crippen LogP contribution is -2.29. The second-order valence-electron chi connectivity index (χ2n) is 7.79. The predicted octanol–water partition coefficient (Wildman–Crippen LogP) is 4.21. The summed E-state index contributed by atoms with van der Waals surface area (Å²) in [7, 11) is 0. The Kier molecular flexibility index (Phi) is 6.88. The van der Waals surface area contributed by atoms with E-state index in [0.717, 1.165) is 25.1 Å². The number of rotatable bonds is 6. The maximum absolute atomic E-state index is 12.2. The summed E-state index contributed by atoms with van der Waals surface area (Å²) in [6.07, 6.45) is 8.87. The SMILES string of the molecule is CC1CCCC(OCC(=O)Nc2cccc(CN3CCCCC3)c2)C1. The zero-order chi connectivity index (χ0) is 17.5. The van der Waals surface area contributed by atoms with Gasteiger partial charge in [-0.25, -0.2) is 0 Å². The first-order valence-corrected chi connectivity index (χ1v) is 9.92. The minimum absolute atomic E-state index is 0.0478. The van der Waals surface area contributed by atoms with E-state index in [1.54, 1.807) is 0 Å². The summed E-state index contributed by atoms with van der Waals surface area (Å²) in [5.41, 5.74) is 2.14. The summed E-state index contributed by atoms with van der Waals surface area (Å²) in [4.78, 5) is 14.7. The Hall–Kier alpha value is -1.39. The van der Waals surface area contributed by atoms with Crippen molar-refractivity contribution in [2.24, 2.45) is 5.92 Å². The van der Waals surface area contributed by atoms with Gasteiger partial charge in [-0.3, -0.25) is 9.69 Å². The van der Waals surface area contributed by atoms with E-state index in [1.165, 1.54) is 50.8 Å². The van der Waals surface area contributed by atoms with Crippen LogP contribution in [0, 0.1) is 5.92 Å². The van der Waals surface area contributed by atoms with Crippen molar-refractivity contribution in [3.05, 3.63) is 29.8 Å². The lowest BCUT2D eigenvalue weighted by Gasteiger charge is -2.27. The third-order valence-corrected chi connectivity index (χ3v) is 5.40. The molecule has 1 aromatic carbocycles. The number of ether oxygens (including phenoxy) is 1. The summed E-state index contributed by atoms with van der Waals surface area (Å²) >= 11 is 0. The van der Waals surface area contributed by atoms with Crippen molar-refractivity contribution >= 4 is 11.6 Å². The van der Waals surface area contributed by atoms with Crippen LogP contribution < -0.4 is 5.32 Å². The van der Waals surface area contributed by atoms with E-state index in [4.69, 9.17) is 4.74 Å². The molecule has 2 unspecified atom stereocenters. The average molecular weight is 344 g/mol. The highest BCUT2D eigenvalue weighted by molar-refractivity contribution is 5.91. The van der Waals surface area contributed by atoms with E-state index in [1.807, 2.05) is 12.1 Å². The van der Waals surface area contributed by atoms with Crippen LogP contribution in [0.3, 0.4) is 0 Å². The number of carbonyl (C=O) groups is 1. The molecule has 0 spiro atoms. The van der Waals surface area contributed by atoms with Gasteiger partial charge in [-0.15, -0.1) is 0 Å². The van der Waals surface area contributed by atoms with Crippen molar-refractivity contribution in [1.29, 1.82) is 0 Å². The molecule has 25 heavy (non-hydrogen) atoms. The Labute approximate surface area is 151 Å². The van der Waals surface area contributed by atoms with Gasteiger partial charge in [0.05, 0.1) is 6.10 Å². The molecule has 1 saturated heterocycles. The van der Waals surface area contributed by atoms with Gasteiger partial charge < -0.3 is 10.1 Å². The lowest BCUT2D eigenvalue weighted by atomic mass is 9.89. The van der Waals surface area contributed by atoms with Gasteiger partial charge in [0.1, 0.15) is 6.61 Å². The Morgan fingerprint density at radius 2 is 2.04 bits per heavy atom. The molecule has 1 aliphatic carbocycles. The molecule has 3 rings (SSSR count). The van der Waals surface area contributed by atoms with Gasteiger partial charge in [-0.2, -0.15) is 0 Å². The zero-order valence-electron chi connectivity index (χ0n) is 15.5. The van der Waals surface area contributed by atoms with E-state index in [2.05, 4.69) is 29.3 Å². The predicted molar refractivity (Wildman–Crippen MR) is 102 cm³/mol. The molecule has 4 heteroatoms. The molecule has 2 atom stereocenters. The summed E-state index contributed by atoms with van der Waals surface area (Å²) in [6.45, 7) is 5.77. The van der Waals surface area contributed by atoms with Gasteiger partial charge in [0.2, 0.25) is 5.91 Å². The maximum Gasteiger partial charge on any atom is 0.250 e. The van der Waals surface area contributed by atoms with E-state index >= 15 is 0 Å². The normalized spacial score (nSPS) is 24.8. The number of benzene rings is 1. The first kappa shape index (κ1) is 18.4. The number of amides is 1. The molecule has 1 saturated carbocycles. The van der Waals surface area contributed by atoms with Gasteiger partial charge in [-0.05, 0) is 62.4 Å². The number of nitrogens with one attached hydrogen (secondary N) is 1. The average Bonchev–Trinajstić information content (AvgIpc) is 2.61. The van der Waals surface area contributed by atoms with Crippen LogP contribution in [0.4, 0.5) is 5.69 Å². The quantitative estimate of drug-likeness (QED) is 0.840. The largest absolute Gasteiger partial charge is 0.368 e. The number of nitrogens with zero attached hydrogens (tertiary/aromatic N) is 1. The molecular weight excluding hydrogens is 312 g/mol. The van der Waals surface area contributed by atoms with Crippen molar-refractivity contribution in [3.63, 3.8) is 0 Å². The molecule has 1 heterocycles. The molecular formula is C21H32N2O2. The van der Waals surface area contributed by atoms with Gasteiger partial charge in [-0.1, -0.05) is 38.3 Å². The number of piperidine rings is 1. The number of carbonyl (C=O) groups excluding carboxylic acids is 1. The zero-order valence-corrected chi connectivity index (χ0v) is 15.5. The van der Waals surface area contributed by atoms with Gasteiger partial charge in [0.15, 0.2) is 0 Å². The summed E-state index contributed by atoms with van der Waals surface area (Å²) in [5, 5.41) is 2.99. The number of likely N-dealkylation sites (tertiary alicyclic amines) is 1. The molecule has 1 aromatic rings. The molecule has 2 aliphatic rings. The number of anilines is 1. The fourth-order valence-corrected chi connectivity index (χ4v) is 4.04. The van der Waals surface area contributed by atoms with Crippen molar-refractivity contribution in [2.75, 3.05) is 25.0 Å². The number of hydrogen-bond donors (Lipinski definition) is 1. The molecule has 1 N–H and O–H groups in total. The second-order valence-corrected chi connectivity index (χ2v) is 7.79. The molecule has 4 nitrogen and oxygen atoms in total. The molecule has 138 valence electrons. The van der Waals surface area contributed by atoms with Gasteiger partial charge in [0.25, 0.3) is 0 Å². The van der Waals surface area contributed by atoms with Crippen molar-refractivity contribution < 1.29 is 9.53 Å². The number of hydrogen-bond acceptors (Lipinski definition) is 3. The molecule has 0 bridgehead atoms. The standard InChI is InChI=1S/C21H32N2O2/c1-17-7-5-10-20(13-17)25-16-21(24)22-19-9-6-8-18(14-19)15-23-11-3-2-4-12-23/h6,8-9,14,17,20H,2-5,7,10-13,15-16H2,1H3,(H,22,24). The van der Waals surface area contributed by atoms with Crippen LogP contribution in [0.15, 0.2) is 24.3 Å². The van der Waals surface area contributed by atoms with Crippen LogP contribution >= 0.6 is 0 Å². The van der Waals surface area contributed by atoms with Gasteiger partial charge in [0, 0.05) is 12.2 Å². The fourth-order valence-electron chi connectivity index (χ4n) is 4.04. The van der Waals surface area contributed by atoms with Crippen LogP contribution in [0.25, 0.3) is 0 Å². The highest BCUT2D eigenvalue weighted by atomic mass is 16.5. The molecule has 0 radical (unpaired) electrons. The Morgan fingerprint density at radius 1 is 1.20 bits per heavy atom. The van der Waals surface area contributed by atoms with Crippen LogP contribution in [-0.4, -0.2) is 36.6 Å². The van der Waals surface area contributed by atoms with E-state index in [0.29, 0.717) is 5.92 Å². The summed E-state index contributed by atoms with van der Waals surface area (Å²) in [5.74, 6) is 0.668. The van der Waals surface area contributed by atoms with E-state index in [9.17, 15) is 4.79 Å². The Bertz CT molecular complexity index is 555. The summed E-state index contributed by atoms with van der Waals surface area (Å²) < 4.78 is 5.82. The monoisotopic (exact) mass is 344 g/mol. The third-order valence-electron chi connectivity index (χ3n) is 5.40. The minimum Gasteiger partial charge on any atom is -0.368 e. The molecule has 1 aliphatic heterocycles. The third kappa shape index (κ3) is 6.12. The molecule has 0 aromatic heterocycles. The van der Waals surface area contributed by atoms with Crippen molar-refractivity contribution in [3.8, 4) is 0 Å². The van der Waals surface area contributed by atoms with Crippen LogP contribution in [0.1, 0.15) is 57.4 Å². The lowest BCUT2D eigenvalue weighted by molar-refractivity contribution is -0.123.